The molecule has 1 N–H and O–H groups in total. The fourth-order valence-corrected chi connectivity index (χ4v) is 4.93. The number of hydrogen-bond acceptors (Lipinski definition) is 5. The van der Waals surface area contributed by atoms with Crippen LogP contribution >= 0.6 is 22.9 Å². The molecule has 0 aliphatic heterocycles. The van der Waals surface area contributed by atoms with Crippen LogP contribution in [-0.2, 0) is 0 Å². The lowest BCUT2D eigenvalue weighted by atomic mass is 9.95. The molecule has 166 valence electrons. The average molecular weight is 477 g/mol. The minimum absolute atomic E-state index is 0.154. The Morgan fingerprint density at radius 3 is 2.61 bits per heavy atom. The first-order chi connectivity index (χ1) is 15.8. The van der Waals surface area contributed by atoms with E-state index in [4.69, 9.17) is 16.0 Å². The number of carbonyl (C=O) groups excluding carboxylic acids is 1. The minimum Gasteiger partial charge on any atom is -0.422 e. The zero-order valence-corrected chi connectivity index (χ0v) is 19.9. The van der Waals surface area contributed by atoms with Crippen LogP contribution in [-0.4, -0.2) is 5.91 Å². The molecule has 1 amide bonds. The SMILES string of the molecule is CC[C@H](C)c1ccc(-c2c(C)sc(NC(=O)c3cc4cc(Cl)ccc4oc3=O)c2C#N)cc1. The van der Waals surface area contributed by atoms with Gasteiger partial charge in [-0.05, 0) is 54.7 Å². The fourth-order valence-electron chi connectivity index (χ4n) is 3.72. The molecule has 0 saturated carbocycles. The fraction of sp³-hybridized carbons (Fsp3) is 0.192. The van der Waals surface area contributed by atoms with Gasteiger partial charge in [0.2, 0.25) is 0 Å². The number of carbonyl (C=O) groups is 1. The Morgan fingerprint density at radius 2 is 1.94 bits per heavy atom. The molecule has 0 saturated heterocycles. The summed E-state index contributed by atoms with van der Waals surface area (Å²) in [5, 5.41) is 14.0. The van der Waals surface area contributed by atoms with Gasteiger partial charge in [0.1, 0.15) is 22.2 Å². The second kappa shape index (κ2) is 9.22. The summed E-state index contributed by atoms with van der Waals surface area (Å²) in [5.74, 6) is -0.182. The smallest absolute Gasteiger partial charge is 0.349 e. The van der Waals surface area contributed by atoms with E-state index in [2.05, 4.69) is 37.4 Å². The largest absolute Gasteiger partial charge is 0.422 e. The molecule has 0 spiro atoms. The van der Waals surface area contributed by atoms with Crippen LogP contribution in [0.3, 0.4) is 0 Å². The van der Waals surface area contributed by atoms with E-state index in [1.807, 2.05) is 19.1 Å². The van der Waals surface area contributed by atoms with Gasteiger partial charge >= 0.3 is 5.63 Å². The van der Waals surface area contributed by atoms with Crippen molar-refractivity contribution >= 4 is 44.8 Å². The van der Waals surface area contributed by atoms with E-state index in [-0.39, 0.29) is 5.56 Å². The van der Waals surface area contributed by atoms with E-state index in [1.165, 1.54) is 23.0 Å². The highest BCUT2D eigenvalue weighted by Gasteiger charge is 2.21. The van der Waals surface area contributed by atoms with Gasteiger partial charge in [0.25, 0.3) is 5.91 Å². The number of halogens is 1. The number of fused-ring (bicyclic) bond motifs is 1. The summed E-state index contributed by atoms with van der Waals surface area (Å²) in [6.07, 6.45) is 1.05. The first-order valence-electron chi connectivity index (χ1n) is 10.5. The Labute approximate surface area is 200 Å². The molecule has 0 fully saturated rings. The van der Waals surface area contributed by atoms with Crippen LogP contribution < -0.4 is 10.9 Å². The molecule has 0 aliphatic rings. The lowest BCUT2D eigenvalue weighted by Gasteiger charge is -2.10. The number of anilines is 1. The predicted molar refractivity (Wildman–Crippen MR) is 133 cm³/mol. The standard InChI is InChI=1S/C26H21ClN2O3S/c1-4-14(2)16-5-7-17(8-6-16)23-15(3)33-25(21(23)13-28)29-24(30)20-12-18-11-19(27)9-10-22(18)32-26(20)31/h5-12,14H,4H2,1-3H3,(H,29,30)/t14-/m0/s1. The van der Waals surface area contributed by atoms with Crippen molar-refractivity contribution < 1.29 is 9.21 Å². The summed E-state index contributed by atoms with van der Waals surface area (Å²) < 4.78 is 5.26. The topological polar surface area (TPSA) is 83.1 Å². The quantitative estimate of drug-likeness (QED) is 0.311. The second-order valence-electron chi connectivity index (χ2n) is 7.86. The summed E-state index contributed by atoms with van der Waals surface area (Å²) >= 11 is 7.32. The minimum atomic E-state index is -0.755. The molecule has 2 aromatic heterocycles. The summed E-state index contributed by atoms with van der Waals surface area (Å²) in [6, 6.07) is 16.6. The first kappa shape index (κ1) is 22.8. The maximum absolute atomic E-state index is 12.9. The highest BCUT2D eigenvalue weighted by atomic mass is 35.5. The van der Waals surface area contributed by atoms with E-state index in [0.717, 1.165) is 22.4 Å². The predicted octanol–water partition coefficient (Wildman–Crippen LogP) is 7.12. The monoisotopic (exact) mass is 476 g/mol. The lowest BCUT2D eigenvalue weighted by Crippen LogP contribution is -2.20. The summed E-state index contributed by atoms with van der Waals surface area (Å²) in [7, 11) is 0. The summed E-state index contributed by atoms with van der Waals surface area (Å²) in [6.45, 7) is 6.23. The Bertz CT molecular complexity index is 1460. The molecule has 7 heteroatoms. The van der Waals surface area contributed by atoms with E-state index in [1.54, 1.807) is 18.2 Å². The van der Waals surface area contributed by atoms with Crippen molar-refractivity contribution in [3.8, 4) is 17.2 Å². The number of nitrogens with zero attached hydrogens (tertiary/aromatic N) is 1. The molecule has 4 aromatic rings. The van der Waals surface area contributed by atoms with Gasteiger partial charge in [-0.3, -0.25) is 4.79 Å². The van der Waals surface area contributed by atoms with Crippen molar-refractivity contribution in [2.75, 3.05) is 5.32 Å². The average Bonchev–Trinajstić information content (AvgIpc) is 3.12. The van der Waals surface area contributed by atoms with Crippen LogP contribution in [0.25, 0.3) is 22.1 Å². The summed E-state index contributed by atoms with van der Waals surface area (Å²) in [4.78, 5) is 26.2. The normalized spacial score (nSPS) is 11.8. The van der Waals surface area contributed by atoms with Crippen molar-refractivity contribution in [2.45, 2.75) is 33.1 Å². The van der Waals surface area contributed by atoms with Crippen LogP contribution in [0, 0.1) is 18.3 Å². The van der Waals surface area contributed by atoms with Crippen molar-refractivity contribution in [3.63, 3.8) is 0 Å². The molecule has 2 aromatic carbocycles. The third kappa shape index (κ3) is 4.43. The van der Waals surface area contributed by atoms with Gasteiger partial charge in [0.05, 0.1) is 5.56 Å². The van der Waals surface area contributed by atoms with Gasteiger partial charge < -0.3 is 9.73 Å². The zero-order valence-electron chi connectivity index (χ0n) is 18.4. The maximum Gasteiger partial charge on any atom is 0.349 e. The number of amides is 1. The van der Waals surface area contributed by atoms with Crippen LogP contribution in [0.4, 0.5) is 5.00 Å². The molecule has 2 heterocycles. The van der Waals surface area contributed by atoms with Gasteiger partial charge in [-0.2, -0.15) is 5.26 Å². The zero-order chi connectivity index (χ0) is 23.7. The van der Waals surface area contributed by atoms with E-state index < -0.39 is 11.5 Å². The second-order valence-corrected chi connectivity index (χ2v) is 9.53. The molecular weight excluding hydrogens is 456 g/mol. The number of nitriles is 1. The molecule has 33 heavy (non-hydrogen) atoms. The van der Waals surface area contributed by atoms with Crippen LogP contribution in [0.5, 0.6) is 0 Å². The van der Waals surface area contributed by atoms with Crippen LogP contribution in [0.1, 0.15) is 52.5 Å². The highest BCUT2D eigenvalue weighted by Crippen LogP contribution is 2.40. The summed E-state index contributed by atoms with van der Waals surface area (Å²) in [5.41, 5.74) is 2.74. The van der Waals surface area contributed by atoms with Crippen molar-refractivity contribution in [1.29, 1.82) is 5.26 Å². The molecule has 1 atom stereocenters. The van der Waals surface area contributed by atoms with Gasteiger partial charge in [-0.15, -0.1) is 11.3 Å². The number of thiophene rings is 1. The molecule has 0 aliphatic carbocycles. The molecule has 0 bridgehead atoms. The number of benzene rings is 2. The van der Waals surface area contributed by atoms with Crippen molar-refractivity contribution in [2.24, 2.45) is 0 Å². The molecule has 0 radical (unpaired) electrons. The first-order valence-corrected chi connectivity index (χ1v) is 11.7. The Balaban J connectivity index is 1.69. The highest BCUT2D eigenvalue weighted by molar-refractivity contribution is 7.17. The third-order valence-electron chi connectivity index (χ3n) is 5.74. The van der Waals surface area contributed by atoms with E-state index >= 15 is 0 Å². The Hall–Kier alpha value is -3.40. The van der Waals surface area contributed by atoms with Gasteiger partial charge in [-0.25, -0.2) is 4.79 Å². The molecule has 5 nitrogen and oxygen atoms in total. The van der Waals surface area contributed by atoms with Crippen molar-refractivity contribution in [1.82, 2.24) is 0 Å². The van der Waals surface area contributed by atoms with E-state index in [0.29, 0.717) is 32.5 Å². The van der Waals surface area contributed by atoms with Crippen molar-refractivity contribution in [3.05, 3.63) is 85.5 Å². The Morgan fingerprint density at radius 1 is 1.21 bits per heavy atom. The molecular formula is C26H21ClN2O3S. The lowest BCUT2D eigenvalue weighted by molar-refractivity contribution is 0.102. The molecule has 4 rings (SSSR count). The van der Waals surface area contributed by atoms with E-state index in [9.17, 15) is 14.9 Å². The number of aryl methyl sites for hydroxylation is 1. The van der Waals surface area contributed by atoms with Gasteiger partial charge in [0.15, 0.2) is 0 Å². The number of rotatable bonds is 5. The Kier molecular flexibility index (Phi) is 6.37. The van der Waals surface area contributed by atoms with Crippen LogP contribution in [0.2, 0.25) is 5.02 Å². The maximum atomic E-state index is 12.9. The van der Waals surface area contributed by atoms with Crippen LogP contribution in [0.15, 0.2) is 57.7 Å². The third-order valence-corrected chi connectivity index (χ3v) is 7.00. The number of nitrogens with one attached hydrogen (secondary N) is 1. The number of hydrogen-bond donors (Lipinski definition) is 1. The van der Waals surface area contributed by atoms with Gasteiger partial charge in [0, 0.05) is 20.8 Å². The van der Waals surface area contributed by atoms with Gasteiger partial charge in [-0.1, -0.05) is 49.7 Å². The molecule has 0 unspecified atom stereocenters.